The maximum Gasteiger partial charge on any atom is 0.354 e. The zero-order valence-electron chi connectivity index (χ0n) is 13.9. The fraction of sp³-hybridized carbons (Fsp3) is 0.100. The predicted octanol–water partition coefficient (Wildman–Crippen LogP) is 3.86. The first-order valence-corrected chi connectivity index (χ1v) is 7.95. The average Bonchev–Trinajstić information content (AvgIpc) is 3.16. The molecule has 3 aromatic rings. The number of ether oxygens (including phenoxy) is 1. The molecule has 0 bridgehead atoms. The van der Waals surface area contributed by atoms with Gasteiger partial charge in [-0.2, -0.15) is 5.10 Å². The summed E-state index contributed by atoms with van der Waals surface area (Å²) in [5.74, 6) is -0.402. The van der Waals surface area contributed by atoms with E-state index in [1.54, 1.807) is 12.3 Å². The van der Waals surface area contributed by atoms with E-state index in [1.165, 1.54) is 7.11 Å². The third-order valence-corrected chi connectivity index (χ3v) is 3.73. The second-order valence-corrected chi connectivity index (χ2v) is 5.49. The number of hydrazone groups is 1. The molecular weight excluding hydrogens is 314 g/mol. The van der Waals surface area contributed by atoms with Crippen LogP contribution in [0, 0.1) is 0 Å². The molecule has 0 aliphatic carbocycles. The molecule has 0 saturated carbocycles. The lowest BCUT2D eigenvalue weighted by molar-refractivity contribution is 0.0595. The van der Waals surface area contributed by atoms with E-state index in [-0.39, 0.29) is 0 Å². The van der Waals surface area contributed by atoms with Crippen molar-refractivity contribution in [1.82, 2.24) is 4.98 Å². The van der Waals surface area contributed by atoms with Gasteiger partial charge in [0.25, 0.3) is 0 Å². The van der Waals surface area contributed by atoms with Crippen LogP contribution in [-0.4, -0.2) is 23.8 Å². The Bertz CT molecular complexity index is 855. The van der Waals surface area contributed by atoms with Crippen molar-refractivity contribution in [1.29, 1.82) is 0 Å². The van der Waals surface area contributed by atoms with E-state index in [0.717, 1.165) is 22.5 Å². The van der Waals surface area contributed by atoms with Crippen LogP contribution in [0.3, 0.4) is 0 Å². The highest BCUT2D eigenvalue weighted by Crippen LogP contribution is 2.13. The molecule has 25 heavy (non-hydrogen) atoms. The van der Waals surface area contributed by atoms with E-state index in [0.29, 0.717) is 12.1 Å². The van der Waals surface area contributed by atoms with Gasteiger partial charge in [0, 0.05) is 18.2 Å². The van der Waals surface area contributed by atoms with Crippen LogP contribution in [0.1, 0.15) is 21.6 Å². The summed E-state index contributed by atoms with van der Waals surface area (Å²) in [7, 11) is 1.36. The molecule has 0 aliphatic rings. The number of carbonyl (C=O) groups excluding carboxylic acids is 1. The number of nitrogens with one attached hydrogen (secondary N) is 2. The van der Waals surface area contributed by atoms with Crippen molar-refractivity contribution in [3.8, 4) is 0 Å². The molecule has 126 valence electrons. The molecule has 1 aromatic heterocycles. The molecule has 1 heterocycles. The third kappa shape index (κ3) is 4.35. The van der Waals surface area contributed by atoms with Gasteiger partial charge in [-0.1, -0.05) is 48.5 Å². The van der Waals surface area contributed by atoms with Crippen molar-refractivity contribution < 1.29 is 9.53 Å². The largest absolute Gasteiger partial charge is 0.464 e. The highest BCUT2D eigenvalue weighted by atomic mass is 16.5. The topological polar surface area (TPSA) is 66.5 Å². The van der Waals surface area contributed by atoms with Crippen LogP contribution >= 0.6 is 0 Å². The maximum atomic E-state index is 11.7. The van der Waals surface area contributed by atoms with Crippen molar-refractivity contribution in [3.63, 3.8) is 0 Å². The van der Waals surface area contributed by atoms with Crippen LogP contribution < -0.4 is 5.43 Å². The molecule has 2 N–H and O–H groups in total. The Morgan fingerprint density at radius 1 is 1.08 bits per heavy atom. The van der Waals surface area contributed by atoms with Gasteiger partial charge < -0.3 is 9.72 Å². The minimum absolute atomic E-state index is 0.401. The number of nitrogens with zero attached hydrogens (tertiary/aromatic N) is 1. The lowest BCUT2D eigenvalue weighted by Gasteiger charge is -2.07. The van der Waals surface area contributed by atoms with Gasteiger partial charge in [0.15, 0.2) is 0 Å². The van der Waals surface area contributed by atoms with Gasteiger partial charge in [-0.05, 0) is 23.8 Å². The Labute approximate surface area is 146 Å². The summed E-state index contributed by atoms with van der Waals surface area (Å²) < 4.78 is 4.75. The molecule has 0 unspecified atom stereocenters. The number of para-hydroxylation sites is 1. The minimum Gasteiger partial charge on any atom is -0.464 e. The lowest BCUT2D eigenvalue weighted by Crippen LogP contribution is -2.08. The van der Waals surface area contributed by atoms with Crippen LogP contribution in [-0.2, 0) is 11.2 Å². The first-order chi connectivity index (χ1) is 12.3. The number of hydrogen-bond acceptors (Lipinski definition) is 4. The normalized spacial score (nSPS) is 11.2. The van der Waals surface area contributed by atoms with E-state index in [4.69, 9.17) is 4.74 Å². The molecule has 5 heteroatoms. The van der Waals surface area contributed by atoms with Crippen LogP contribution in [0.25, 0.3) is 0 Å². The third-order valence-electron chi connectivity index (χ3n) is 3.73. The Morgan fingerprint density at radius 3 is 2.44 bits per heavy atom. The number of rotatable bonds is 6. The number of methoxy groups -OCH3 is 1. The summed E-state index contributed by atoms with van der Waals surface area (Å²) in [5.41, 5.74) is 7.17. The summed E-state index contributed by atoms with van der Waals surface area (Å²) in [6.07, 6.45) is 2.40. The average molecular weight is 333 g/mol. The van der Waals surface area contributed by atoms with Gasteiger partial charge in [-0.25, -0.2) is 4.79 Å². The SMILES string of the molecule is COC(=O)c1cc(/C(Cc2ccccc2)=N/Nc2ccccc2)c[nH]1. The van der Waals surface area contributed by atoms with Crippen molar-refractivity contribution in [2.24, 2.45) is 5.10 Å². The Morgan fingerprint density at radius 2 is 1.76 bits per heavy atom. The van der Waals surface area contributed by atoms with E-state index in [1.807, 2.05) is 60.7 Å². The van der Waals surface area contributed by atoms with Crippen LogP contribution in [0.2, 0.25) is 0 Å². The quantitative estimate of drug-likeness (QED) is 0.409. The summed E-state index contributed by atoms with van der Waals surface area (Å²) in [6.45, 7) is 0. The molecule has 3 rings (SSSR count). The Hall–Kier alpha value is -3.34. The standard InChI is InChI=1S/C20H19N3O2/c1-25-20(24)19-13-16(14-21-19)18(12-15-8-4-2-5-9-15)23-22-17-10-6-3-7-11-17/h2-11,13-14,21-22H,12H2,1H3/b23-18+. The highest BCUT2D eigenvalue weighted by molar-refractivity contribution is 6.03. The number of carbonyl (C=O) groups is 1. The molecule has 2 aromatic carbocycles. The first kappa shape index (κ1) is 16.5. The van der Waals surface area contributed by atoms with Crippen molar-refractivity contribution in [2.45, 2.75) is 6.42 Å². The van der Waals surface area contributed by atoms with Gasteiger partial charge in [0.1, 0.15) is 5.69 Å². The number of H-pyrrole nitrogens is 1. The second kappa shape index (κ2) is 7.97. The van der Waals surface area contributed by atoms with Crippen LogP contribution in [0.5, 0.6) is 0 Å². The molecule has 0 aliphatic heterocycles. The fourth-order valence-corrected chi connectivity index (χ4v) is 2.43. The number of benzene rings is 2. The van der Waals surface area contributed by atoms with E-state index in [2.05, 4.69) is 15.5 Å². The lowest BCUT2D eigenvalue weighted by atomic mass is 10.0. The maximum absolute atomic E-state index is 11.7. The van der Waals surface area contributed by atoms with E-state index >= 15 is 0 Å². The van der Waals surface area contributed by atoms with Crippen molar-refractivity contribution >= 4 is 17.4 Å². The summed E-state index contributed by atoms with van der Waals surface area (Å²) >= 11 is 0. The number of aromatic amines is 1. The summed E-state index contributed by atoms with van der Waals surface area (Å²) in [6, 6.07) is 21.5. The molecule has 0 radical (unpaired) electrons. The van der Waals surface area contributed by atoms with E-state index in [9.17, 15) is 4.79 Å². The molecule has 0 spiro atoms. The second-order valence-electron chi connectivity index (χ2n) is 5.49. The molecule has 0 atom stereocenters. The van der Waals surface area contributed by atoms with Crippen molar-refractivity contribution in [2.75, 3.05) is 12.5 Å². The highest BCUT2D eigenvalue weighted by Gasteiger charge is 2.13. The van der Waals surface area contributed by atoms with Crippen molar-refractivity contribution in [3.05, 3.63) is 89.7 Å². The zero-order valence-corrected chi connectivity index (χ0v) is 13.9. The molecule has 5 nitrogen and oxygen atoms in total. The molecule has 0 fully saturated rings. The van der Waals surface area contributed by atoms with Gasteiger partial charge in [0.05, 0.1) is 18.5 Å². The minimum atomic E-state index is -0.402. The van der Waals surface area contributed by atoms with Crippen LogP contribution in [0.15, 0.2) is 78.0 Å². The number of aromatic nitrogens is 1. The smallest absolute Gasteiger partial charge is 0.354 e. The summed E-state index contributed by atoms with van der Waals surface area (Å²) in [5, 5.41) is 4.55. The zero-order chi connectivity index (χ0) is 17.5. The monoisotopic (exact) mass is 333 g/mol. The van der Waals surface area contributed by atoms with Gasteiger partial charge in [0.2, 0.25) is 0 Å². The number of anilines is 1. The van der Waals surface area contributed by atoms with Gasteiger partial charge in [-0.3, -0.25) is 5.43 Å². The summed E-state index contributed by atoms with van der Waals surface area (Å²) in [4.78, 5) is 14.6. The van der Waals surface area contributed by atoms with Gasteiger partial charge in [-0.15, -0.1) is 0 Å². The first-order valence-electron chi connectivity index (χ1n) is 7.95. The Balaban J connectivity index is 1.88. The molecule has 0 saturated heterocycles. The molecule has 0 amide bonds. The molecular formula is C20H19N3O2. The number of esters is 1. The Kier molecular flexibility index (Phi) is 5.26. The fourth-order valence-electron chi connectivity index (χ4n) is 2.43. The van der Waals surface area contributed by atoms with Gasteiger partial charge >= 0.3 is 5.97 Å². The predicted molar refractivity (Wildman–Crippen MR) is 98.9 cm³/mol. The number of hydrogen-bond donors (Lipinski definition) is 2. The van der Waals surface area contributed by atoms with E-state index < -0.39 is 5.97 Å². The van der Waals surface area contributed by atoms with Crippen LogP contribution in [0.4, 0.5) is 5.69 Å².